The third-order valence-corrected chi connectivity index (χ3v) is 4.81. The van der Waals surface area contributed by atoms with Gasteiger partial charge in [0.1, 0.15) is 0 Å². The van der Waals surface area contributed by atoms with E-state index in [4.69, 9.17) is 0 Å². The molecular weight excluding hydrogens is 315 g/mol. The topological polar surface area (TPSA) is 20.3 Å². The molecule has 0 aromatic heterocycles. The summed E-state index contributed by atoms with van der Waals surface area (Å²) in [6, 6.07) is 7.70. The Morgan fingerprint density at radius 1 is 1.12 bits per heavy atom. The highest BCUT2D eigenvalue weighted by Gasteiger charge is 2.31. The molecule has 3 rings (SSSR count). The van der Waals surface area contributed by atoms with Crippen molar-refractivity contribution in [2.45, 2.75) is 32.2 Å². The maximum absolute atomic E-state index is 13.4. The van der Waals surface area contributed by atoms with Gasteiger partial charge in [0.2, 0.25) is 0 Å². The van der Waals surface area contributed by atoms with Crippen LogP contribution in [-0.4, -0.2) is 17.9 Å². The van der Waals surface area contributed by atoms with Crippen molar-refractivity contribution in [1.82, 2.24) is 4.90 Å². The van der Waals surface area contributed by atoms with E-state index in [1.165, 1.54) is 0 Å². The average Bonchev–Trinajstić information content (AvgIpc) is 2.76. The zero-order chi connectivity index (χ0) is 17.6. The summed E-state index contributed by atoms with van der Waals surface area (Å²) in [5.74, 6) is -3.98. The minimum atomic E-state index is -1.45. The number of amides is 1. The number of halogens is 3. The first kappa shape index (κ1) is 16.6. The fourth-order valence-corrected chi connectivity index (χ4v) is 3.19. The molecule has 24 heavy (non-hydrogen) atoms. The molecule has 2 atom stereocenters. The van der Waals surface area contributed by atoms with Gasteiger partial charge in [0.15, 0.2) is 17.5 Å². The molecule has 0 spiro atoms. The molecule has 126 valence electrons. The van der Waals surface area contributed by atoms with E-state index in [2.05, 4.69) is 0 Å². The monoisotopic (exact) mass is 333 g/mol. The number of hydrogen-bond donors (Lipinski definition) is 0. The lowest BCUT2D eigenvalue weighted by atomic mass is 9.91. The van der Waals surface area contributed by atoms with E-state index in [0.29, 0.717) is 17.5 Å². The van der Waals surface area contributed by atoms with Crippen LogP contribution < -0.4 is 0 Å². The maximum atomic E-state index is 13.4. The Morgan fingerprint density at radius 2 is 1.75 bits per heavy atom. The van der Waals surface area contributed by atoms with Crippen molar-refractivity contribution in [2.24, 2.45) is 0 Å². The van der Waals surface area contributed by atoms with E-state index in [1.807, 2.05) is 26.0 Å². The van der Waals surface area contributed by atoms with Gasteiger partial charge in [0.25, 0.3) is 5.91 Å². The van der Waals surface area contributed by atoms with E-state index in [9.17, 15) is 18.0 Å². The minimum Gasteiger partial charge on any atom is -0.335 e. The highest BCUT2D eigenvalue weighted by Crippen LogP contribution is 2.33. The molecule has 1 aliphatic rings. The van der Waals surface area contributed by atoms with Crippen molar-refractivity contribution in [1.29, 1.82) is 0 Å². The van der Waals surface area contributed by atoms with Gasteiger partial charge < -0.3 is 4.90 Å². The number of rotatable bonds is 3. The second kappa shape index (κ2) is 5.96. The molecule has 5 heteroatoms. The summed E-state index contributed by atoms with van der Waals surface area (Å²) in [5, 5.41) is 0. The quantitative estimate of drug-likeness (QED) is 0.752. The molecule has 2 nitrogen and oxygen atoms in total. The Morgan fingerprint density at radius 3 is 2.38 bits per heavy atom. The lowest BCUT2D eigenvalue weighted by Gasteiger charge is -2.16. The molecule has 0 radical (unpaired) electrons. The third-order valence-electron chi connectivity index (χ3n) is 4.81. The van der Waals surface area contributed by atoms with Crippen LogP contribution in [0.15, 0.2) is 30.3 Å². The fourth-order valence-electron chi connectivity index (χ4n) is 3.19. The predicted octanol–water partition coefficient (Wildman–Crippen LogP) is 4.60. The highest BCUT2D eigenvalue weighted by atomic mass is 19.2. The van der Waals surface area contributed by atoms with E-state index in [1.54, 1.807) is 18.0 Å². The molecule has 0 bridgehead atoms. The molecule has 1 aliphatic heterocycles. The van der Waals surface area contributed by atoms with Gasteiger partial charge in [-0.05, 0) is 54.2 Å². The van der Waals surface area contributed by atoms with Crippen molar-refractivity contribution in [3.05, 3.63) is 70.0 Å². The maximum Gasteiger partial charge on any atom is 0.254 e. The molecule has 2 aromatic carbocycles. The van der Waals surface area contributed by atoms with Crippen molar-refractivity contribution in [2.75, 3.05) is 7.05 Å². The number of carbonyl (C=O) groups is 1. The van der Waals surface area contributed by atoms with Gasteiger partial charge in [0, 0.05) is 12.6 Å². The van der Waals surface area contributed by atoms with Crippen LogP contribution in [0.5, 0.6) is 0 Å². The zero-order valence-electron chi connectivity index (χ0n) is 13.7. The summed E-state index contributed by atoms with van der Waals surface area (Å²) in [4.78, 5) is 13.8. The highest BCUT2D eigenvalue weighted by molar-refractivity contribution is 5.99. The van der Waals surface area contributed by atoms with Crippen molar-refractivity contribution in [3.8, 4) is 0 Å². The lowest BCUT2D eigenvalue weighted by Crippen LogP contribution is -2.20. The molecule has 2 aromatic rings. The van der Waals surface area contributed by atoms with E-state index >= 15 is 0 Å². The van der Waals surface area contributed by atoms with E-state index < -0.39 is 17.5 Å². The number of fused-ring (bicyclic) bond motifs is 1. The summed E-state index contributed by atoms with van der Waals surface area (Å²) >= 11 is 0. The molecule has 1 amide bonds. The molecule has 0 N–H and O–H groups in total. The zero-order valence-corrected chi connectivity index (χ0v) is 13.7. The lowest BCUT2D eigenvalue weighted by molar-refractivity contribution is 0.0784. The SMILES string of the molecule is CC(Cc1ccc2c(c1)C(C)N(C)C2=O)c1cc(F)c(F)c(F)c1. The van der Waals surface area contributed by atoms with Crippen LogP contribution in [0.25, 0.3) is 0 Å². The second-order valence-corrected chi connectivity index (χ2v) is 6.42. The summed E-state index contributed by atoms with van der Waals surface area (Å²) in [6.45, 7) is 3.79. The van der Waals surface area contributed by atoms with Crippen LogP contribution in [0, 0.1) is 17.5 Å². The molecule has 1 heterocycles. The molecule has 0 fully saturated rings. The predicted molar refractivity (Wildman–Crippen MR) is 85.4 cm³/mol. The van der Waals surface area contributed by atoms with Crippen molar-refractivity contribution >= 4 is 5.91 Å². The Kier molecular flexibility index (Phi) is 4.11. The van der Waals surface area contributed by atoms with Gasteiger partial charge in [-0.1, -0.05) is 19.1 Å². The minimum absolute atomic E-state index is 0.000208. The Labute approximate surface area is 138 Å². The van der Waals surface area contributed by atoms with Gasteiger partial charge in [-0.15, -0.1) is 0 Å². The first-order chi connectivity index (χ1) is 11.3. The summed E-state index contributed by atoms with van der Waals surface area (Å²) in [7, 11) is 1.76. The van der Waals surface area contributed by atoms with Gasteiger partial charge in [-0.2, -0.15) is 0 Å². The standard InChI is InChI=1S/C19H18F3NO/c1-10(13-8-16(20)18(22)17(21)9-13)6-12-4-5-14-15(7-12)11(2)23(3)19(14)24/h4-5,7-11H,6H2,1-3H3. The van der Waals surface area contributed by atoms with Gasteiger partial charge in [0.05, 0.1) is 6.04 Å². The number of hydrogen-bond acceptors (Lipinski definition) is 1. The molecule has 0 saturated heterocycles. The smallest absolute Gasteiger partial charge is 0.254 e. The Balaban J connectivity index is 1.86. The van der Waals surface area contributed by atoms with Crippen molar-refractivity contribution < 1.29 is 18.0 Å². The second-order valence-electron chi connectivity index (χ2n) is 6.42. The number of carbonyl (C=O) groups excluding carboxylic acids is 1. The summed E-state index contributed by atoms with van der Waals surface area (Å²) < 4.78 is 39.9. The van der Waals surface area contributed by atoms with Crippen LogP contribution in [0.4, 0.5) is 13.2 Å². The van der Waals surface area contributed by atoms with Gasteiger partial charge >= 0.3 is 0 Å². The molecule has 2 unspecified atom stereocenters. The molecular formula is C19H18F3NO. The van der Waals surface area contributed by atoms with Crippen molar-refractivity contribution in [3.63, 3.8) is 0 Å². The first-order valence-corrected chi connectivity index (χ1v) is 7.84. The first-order valence-electron chi connectivity index (χ1n) is 7.84. The van der Waals surface area contributed by atoms with Gasteiger partial charge in [-0.3, -0.25) is 4.79 Å². The van der Waals surface area contributed by atoms with E-state index in [-0.39, 0.29) is 17.9 Å². The fraction of sp³-hybridized carbons (Fsp3) is 0.316. The molecule has 0 aliphatic carbocycles. The van der Waals surface area contributed by atoms with Crippen LogP contribution >= 0.6 is 0 Å². The number of benzene rings is 2. The summed E-state index contributed by atoms with van der Waals surface area (Å²) in [5.41, 5.74) is 3.04. The number of nitrogens with zero attached hydrogens (tertiary/aromatic N) is 1. The Hall–Kier alpha value is -2.30. The van der Waals surface area contributed by atoms with Crippen LogP contribution in [0.1, 0.15) is 52.9 Å². The van der Waals surface area contributed by atoms with Crippen LogP contribution in [0.3, 0.4) is 0 Å². The van der Waals surface area contributed by atoms with Crippen LogP contribution in [-0.2, 0) is 6.42 Å². The van der Waals surface area contributed by atoms with Crippen LogP contribution in [0.2, 0.25) is 0 Å². The third kappa shape index (κ3) is 2.68. The normalized spacial score (nSPS) is 18.0. The van der Waals surface area contributed by atoms with Gasteiger partial charge in [-0.25, -0.2) is 13.2 Å². The average molecular weight is 333 g/mol. The Bertz CT molecular complexity index is 795. The molecule has 0 saturated carbocycles. The summed E-state index contributed by atoms with van der Waals surface area (Å²) in [6.07, 6.45) is 0.544. The van der Waals surface area contributed by atoms with E-state index in [0.717, 1.165) is 23.3 Å². The largest absolute Gasteiger partial charge is 0.335 e.